The molecule has 2 atom stereocenters. The highest BCUT2D eigenvalue weighted by Crippen LogP contribution is 2.12. The van der Waals surface area contributed by atoms with Gasteiger partial charge < -0.3 is 14.2 Å². The van der Waals surface area contributed by atoms with Crippen LogP contribution in [0.1, 0.15) is 6.42 Å². The quantitative estimate of drug-likeness (QED) is 0.428. The van der Waals surface area contributed by atoms with Crippen LogP contribution in [0.15, 0.2) is 0 Å². The molecule has 6 heteroatoms. The van der Waals surface area contributed by atoms with Gasteiger partial charge in [-0.1, -0.05) is 15.9 Å². The summed E-state index contributed by atoms with van der Waals surface area (Å²) >= 11 is 14.9. The molecule has 0 aromatic heterocycles. The fourth-order valence-corrected chi connectivity index (χ4v) is 2.07. The van der Waals surface area contributed by atoms with E-state index in [-0.39, 0.29) is 10.9 Å². The zero-order valence-electron chi connectivity index (χ0n) is 9.46. The minimum Gasteiger partial charge on any atom is -0.385 e. The molecule has 0 aromatic carbocycles. The Labute approximate surface area is 116 Å². The predicted molar refractivity (Wildman–Crippen MR) is 71.2 cm³/mol. The van der Waals surface area contributed by atoms with Crippen molar-refractivity contribution in [2.45, 2.75) is 17.4 Å². The van der Waals surface area contributed by atoms with Crippen LogP contribution in [-0.4, -0.2) is 56.2 Å². The summed E-state index contributed by atoms with van der Waals surface area (Å²) in [7, 11) is 1.68. The van der Waals surface area contributed by atoms with Gasteiger partial charge in [-0.05, 0) is 6.42 Å². The summed E-state index contributed by atoms with van der Waals surface area (Å²) in [5, 5.41) is 0. The lowest BCUT2D eigenvalue weighted by Gasteiger charge is -2.18. The third-order valence-corrected chi connectivity index (χ3v) is 3.82. The number of rotatable bonds is 11. The van der Waals surface area contributed by atoms with Crippen molar-refractivity contribution in [3.63, 3.8) is 0 Å². The first kappa shape index (κ1) is 16.9. The minimum absolute atomic E-state index is 0.0678. The molecule has 0 saturated heterocycles. The highest BCUT2D eigenvalue weighted by molar-refractivity contribution is 9.09. The van der Waals surface area contributed by atoms with E-state index in [2.05, 4.69) is 15.9 Å². The van der Waals surface area contributed by atoms with Gasteiger partial charge in [0, 0.05) is 32.1 Å². The molecule has 0 rings (SSSR count). The molecule has 98 valence electrons. The van der Waals surface area contributed by atoms with E-state index in [1.54, 1.807) is 7.11 Å². The van der Waals surface area contributed by atoms with Gasteiger partial charge in [0.2, 0.25) is 0 Å². The standard InChI is InChI=1S/C10H19BrCl2O3/c1-14-3-2-4-15-5-6-16-10(8-13)9(11)7-12/h9-10H,2-8H2,1H3. The van der Waals surface area contributed by atoms with E-state index in [0.29, 0.717) is 31.6 Å². The molecule has 0 saturated carbocycles. The van der Waals surface area contributed by atoms with Crippen LogP contribution >= 0.6 is 39.1 Å². The number of alkyl halides is 3. The molecule has 0 aliphatic heterocycles. The van der Waals surface area contributed by atoms with Crippen molar-refractivity contribution in [2.24, 2.45) is 0 Å². The second-order valence-corrected chi connectivity index (χ2v) is 4.99. The van der Waals surface area contributed by atoms with Gasteiger partial charge in [0.15, 0.2) is 0 Å². The largest absolute Gasteiger partial charge is 0.385 e. The first-order valence-corrected chi connectivity index (χ1v) is 7.19. The topological polar surface area (TPSA) is 27.7 Å². The fraction of sp³-hybridized carbons (Fsp3) is 1.00. The molecule has 0 spiro atoms. The number of halogens is 3. The van der Waals surface area contributed by atoms with Crippen LogP contribution in [0.4, 0.5) is 0 Å². The van der Waals surface area contributed by atoms with Gasteiger partial charge in [-0.2, -0.15) is 0 Å². The van der Waals surface area contributed by atoms with Gasteiger partial charge in [0.05, 0.1) is 24.1 Å². The van der Waals surface area contributed by atoms with Crippen LogP contribution in [0.5, 0.6) is 0 Å². The van der Waals surface area contributed by atoms with Crippen molar-refractivity contribution in [3.8, 4) is 0 Å². The Kier molecular flexibility index (Phi) is 13.1. The van der Waals surface area contributed by atoms with Crippen LogP contribution in [0.3, 0.4) is 0 Å². The van der Waals surface area contributed by atoms with Crippen LogP contribution in [0, 0.1) is 0 Å². The van der Waals surface area contributed by atoms with Crippen LogP contribution in [-0.2, 0) is 14.2 Å². The molecule has 16 heavy (non-hydrogen) atoms. The zero-order valence-corrected chi connectivity index (χ0v) is 12.6. The molecule has 0 aliphatic rings. The van der Waals surface area contributed by atoms with E-state index in [9.17, 15) is 0 Å². The monoisotopic (exact) mass is 336 g/mol. The first-order valence-electron chi connectivity index (χ1n) is 5.20. The number of hydrogen-bond acceptors (Lipinski definition) is 3. The minimum atomic E-state index is -0.0678. The van der Waals surface area contributed by atoms with Crippen molar-refractivity contribution >= 4 is 39.1 Å². The molecule has 0 bridgehead atoms. The van der Waals surface area contributed by atoms with Crippen molar-refractivity contribution in [2.75, 3.05) is 45.3 Å². The number of hydrogen-bond donors (Lipinski definition) is 0. The van der Waals surface area contributed by atoms with E-state index in [1.165, 1.54) is 0 Å². The molecule has 2 unspecified atom stereocenters. The van der Waals surface area contributed by atoms with Gasteiger partial charge >= 0.3 is 0 Å². The van der Waals surface area contributed by atoms with Crippen molar-refractivity contribution < 1.29 is 14.2 Å². The fourth-order valence-electron chi connectivity index (χ4n) is 1.01. The van der Waals surface area contributed by atoms with E-state index in [0.717, 1.165) is 13.0 Å². The maximum Gasteiger partial charge on any atom is 0.0847 e. The lowest BCUT2D eigenvalue weighted by atomic mass is 10.3. The average molecular weight is 338 g/mol. The lowest BCUT2D eigenvalue weighted by Crippen LogP contribution is -2.29. The molecule has 3 nitrogen and oxygen atoms in total. The SMILES string of the molecule is COCCCOCCOC(CCl)C(Br)CCl. The first-order chi connectivity index (χ1) is 7.76. The Morgan fingerprint density at radius 3 is 2.38 bits per heavy atom. The third kappa shape index (κ3) is 9.02. The highest BCUT2D eigenvalue weighted by atomic mass is 79.9. The molecule has 0 fully saturated rings. The van der Waals surface area contributed by atoms with E-state index < -0.39 is 0 Å². The Balaban J connectivity index is 3.34. The molecule has 0 heterocycles. The summed E-state index contributed by atoms with van der Waals surface area (Å²) in [4.78, 5) is 0.0835. The summed E-state index contributed by atoms with van der Waals surface area (Å²) in [6.45, 7) is 2.51. The molecule has 0 radical (unpaired) electrons. The second-order valence-electron chi connectivity index (χ2n) is 3.19. The maximum atomic E-state index is 5.75. The van der Waals surface area contributed by atoms with Gasteiger partial charge in [-0.15, -0.1) is 23.2 Å². The van der Waals surface area contributed by atoms with Crippen LogP contribution < -0.4 is 0 Å². The number of ether oxygens (including phenoxy) is 3. The summed E-state index contributed by atoms with van der Waals surface area (Å²) < 4.78 is 15.8. The average Bonchev–Trinajstić information content (AvgIpc) is 2.32. The Bertz CT molecular complexity index is 152. The van der Waals surface area contributed by atoms with Crippen molar-refractivity contribution in [1.29, 1.82) is 0 Å². The highest BCUT2D eigenvalue weighted by Gasteiger charge is 2.17. The van der Waals surface area contributed by atoms with Gasteiger partial charge in [0.25, 0.3) is 0 Å². The lowest BCUT2D eigenvalue weighted by molar-refractivity contribution is 0.0114. The molecule has 0 aliphatic carbocycles. The van der Waals surface area contributed by atoms with Gasteiger partial charge in [-0.3, -0.25) is 0 Å². The summed E-state index contributed by atoms with van der Waals surface area (Å²) in [6.07, 6.45) is 0.833. The van der Waals surface area contributed by atoms with E-state index in [4.69, 9.17) is 37.4 Å². The third-order valence-electron chi connectivity index (χ3n) is 1.90. The van der Waals surface area contributed by atoms with Gasteiger partial charge in [-0.25, -0.2) is 0 Å². The molecule has 0 N–H and O–H groups in total. The summed E-state index contributed by atoms with van der Waals surface area (Å²) in [5.41, 5.74) is 0. The van der Waals surface area contributed by atoms with E-state index >= 15 is 0 Å². The molecular formula is C10H19BrCl2O3. The predicted octanol–water partition coefficient (Wildman–Crippen LogP) is 2.67. The Hall–Kier alpha value is 0.940. The van der Waals surface area contributed by atoms with Gasteiger partial charge in [0.1, 0.15) is 0 Å². The smallest absolute Gasteiger partial charge is 0.0847 e. The normalized spacial score (nSPS) is 15.0. The van der Waals surface area contributed by atoms with Crippen molar-refractivity contribution in [3.05, 3.63) is 0 Å². The molecule has 0 aromatic rings. The molecule has 0 amide bonds. The Morgan fingerprint density at radius 1 is 1.06 bits per heavy atom. The Morgan fingerprint density at radius 2 is 1.81 bits per heavy atom. The summed E-state index contributed by atoms with van der Waals surface area (Å²) in [6, 6.07) is 0. The van der Waals surface area contributed by atoms with Crippen LogP contribution in [0.2, 0.25) is 0 Å². The summed E-state index contributed by atoms with van der Waals surface area (Å²) in [5.74, 6) is 0.901. The van der Waals surface area contributed by atoms with Crippen LogP contribution in [0.25, 0.3) is 0 Å². The zero-order chi connectivity index (χ0) is 12.2. The number of methoxy groups -OCH3 is 1. The maximum absolute atomic E-state index is 5.75. The molecular weight excluding hydrogens is 319 g/mol. The van der Waals surface area contributed by atoms with E-state index in [1.807, 2.05) is 0 Å². The second kappa shape index (κ2) is 12.4. The van der Waals surface area contributed by atoms with Crippen molar-refractivity contribution in [1.82, 2.24) is 0 Å².